The van der Waals surface area contributed by atoms with Gasteiger partial charge in [-0.3, -0.25) is 9.59 Å². The topological polar surface area (TPSA) is 101 Å². The van der Waals surface area contributed by atoms with Crippen LogP contribution in [-0.4, -0.2) is 47.2 Å². The third-order valence-electron chi connectivity index (χ3n) is 4.92. The summed E-state index contributed by atoms with van der Waals surface area (Å²) < 4.78 is 5.87. The maximum Gasteiger partial charge on any atom is 0.306 e. The number of carbonyl (C=O) groups is 2. The van der Waals surface area contributed by atoms with Gasteiger partial charge in [0, 0.05) is 6.04 Å². The summed E-state index contributed by atoms with van der Waals surface area (Å²) >= 11 is 1.37. The number of aliphatic carboxylic acids is 1. The molecule has 9 heteroatoms. The summed E-state index contributed by atoms with van der Waals surface area (Å²) in [4.78, 5) is 28.2. The van der Waals surface area contributed by atoms with Crippen LogP contribution in [0.5, 0.6) is 0 Å². The number of carbonyl (C=O) groups excluding carboxylic acids is 1. The molecule has 1 aromatic heterocycles. The standard InChI is InChI=1S/C17H25N3O4S.ClH/c21-16(20-12-3-1-11(2-4-12)17(22)23)14-9-19-15(25-14)10-24-13-5-7-18-8-6-13;/h9,11-13,18H,1-8,10H2,(H,20,21)(H,22,23);1H. The van der Waals surface area contributed by atoms with Gasteiger partial charge in [0.2, 0.25) is 0 Å². The highest BCUT2D eigenvalue weighted by atomic mass is 35.5. The maximum atomic E-state index is 12.3. The predicted molar refractivity (Wildman–Crippen MR) is 101 cm³/mol. The molecule has 1 aromatic rings. The summed E-state index contributed by atoms with van der Waals surface area (Å²) in [6, 6.07) is 0.0552. The van der Waals surface area contributed by atoms with Crippen molar-refractivity contribution in [3.05, 3.63) is 16.1 Å². The number of halogens is 1. The lowest BCUT2D eigenvalue weighted by molar-refractivity contribution is -0.142. The summed E-state index contributed by atoms with van der Waals surface area (Å²) in [5.74, 6) is -1.12. The lowest BCUT2D eigenvalue weighted by atomic mass is 9.86. The van der Waals surface area contributed by atoms with Crippen LogP contribution >= 0.6 is 23.7 Å². The van der Waals surface area contributed by atoms with Crippen molar-refractivity contribution in [3.8, 4) is 0 Å². The number of hydrogen-bond donors (Lipinski definition) is 3. The highest BCUT2D eigenvalue weighted by molar-refractivity contribution is 7.13. The van der Waals surface area contributed by atoms with Crippen molar-refractivity contribution in [2.24, 2.45) is 5.92 Å². The highest BCUT2D eigenvalue weighted by Crippen LogP contribution is 2.25. The first-order valence-corrected chi connectivity index (χ1v) is 9.74. The summed E-state index contributed by atoms with van der Waals surface area (Å²) in [5, 5.41) is 16.1. The number of nitrogens with zero attached hydrogens (tertiary/aromatic N) is 1. The summed E-state index contributed by atoms with van der Waals surface area (Å²) in [6.45, 7) is 2.42. The first kappa shape index (κ1) is 21.1. The second-order valence-corrected chi connectivity index (χ2v) is 7.85. The van der Waals surface area contributed by atoms with E-state index in [9.17, 15) is 9.59 Å². The molecular formula is C17H26ClN3O4S. The number of amides is 1. The van der Waals surface area contributed by atoms with Gasteiger partial charge in [-0.05, 0) is 51.6 Å². The quantitative estimate of drug-likeness (QED) is 0.673. The Morgan fingerprint density at radius 2 is 1.92 bits per heavy atom. The third kappa shape index (κ3) is 5.90. The smallest absolute Gasteiger partial charge is 0.306 e. The second kappa shape index (κ2) is 10.2. The van der Waals surface area contributed by atoms with Crippen LogP contribution in [-0.2, 0) is 16.1 Å². The van der Waals surface area contributed by atoms with E-state index < -0.39 is 5.97 Å². The van der Waals surface area contributed by atoms with E-state index in [1.54, 1.807) is 6.20 Å². The molecule has 3 N–H and O–H groups in total. The molecule has 0 unspecified atom stereocenters. The van der Waals surface area contributed by atoms with E-state index in [-0.39, 0.29) is 36.4 Å². The van der Waals surface area contributed by atoms with Crippen molar-refractivity contribution >= 4 is 35.6 Å². The van der Waals surface area contributed by atoms with E-state index in [0.29, 0.717) is 37.2 Å². The number of carboxylic acids is 1. The zero-order valence-corrected chi connectivity index (χ0v) is 16.2. The van der Waals surface area contributed by atoms with Crippen molar-refractivity contribution in [1.82, 2.24) is 15.6 Å². The SMILES string of the molecule is Cl.O=C(NC1CCC(C(=O)O)CC1)c1cnc(COC2CCNCC2)s1. The third-order valence-corrected chi connectivity index (χ3v) is 5.89. The number of thiazole rings is 1. The first-order chi connectivity index (χ1) is 12.1. The van der Waals surface area contributed by atoms with Crippen LogP contribution in [0.25, 0.3) is 0 Å². The van der Waals surface area contributed by atoms with Crippen molar-refractivity contribution in [3.63, 3.8) is 0 Å². The molecule has 0 atom stereocenters. The van der Waals surface area contributed by atoms with Gasteiger partial charge in [-0.1, -0.05) is 0 Å². The van der Waals surface area contributed by atoms with Gasteiger partial charge in [-0.2, -0.15) is 0 Å². The second-order valence-electron chi connectivity index (χ2n) is 6.74. The molecule has 146 valence electrons. The summed E-state index contributed by atoms with van der Waals surface area (Å²) in [7, 11) is 0. The average Bonchev–Trinajstić information content (AvgIpc) is 3.10. The van der Waals surface area contributed by atoms with E-state index in [4.69, 9.17) is 9.84 Å². The zero-order chi connectivity index (χ0) is 17.6. The van der Waals surface area contributed by atoms with Gasteiger partial charge in [0.25, 0.3) is 5.91 Å². The molecule has 0 spiro atoms. The fourth-order valence-corrected chi connectivity index (χ4v) is 4.12. The van der Waals surface area contributed by atoms with Gasteiger partial charge < -0.3 is 20.5 Å². The lowest BCUT2D eigenvalue weighted by Crippen LogP contribution is -2.38. The van der Waals surface area contributed by atoms with Gasteiger partial charge in [-0.15, -0.1) is 23.7 Å². The molecule has 0 radical (unpaired) electrons. The van der Waals surface area contributed by atoms with Crippen LogP contribution in [0.15, 0.2) is 6.20 Å². The number of nitrogens with one attached hydrogen (secondary N) is 2. The van der Waals surface area contributed by atoms with Crippen LogP contribution < -0.4 is 10.6 Å². The molecule has 0 bridgehead atoms. The van der Waals surface area contributed by atoms with Crippen LogP contribution in [0.1, 0.15) is 53.2 Å². The molecule has 2 heterocycles. The highest BCUT2D eigenvalue weighted by Gasteiger charge is 2.27. The van der Waals surface area contributed by atoms with Crippen LogP contribution in [0.2, 0.25) is 0 Å². The number of carboxylic acid groups (broad SMARTS) is 1. The Bertz CT molecular complexity index is 599. The van der Waals surface area contributed by atoms with Gasteiger partial charge in [0.05, 0.1) is 24.8 Å². The fraction of sp³-hybridized carbons (Fsp3) is 0.706. The van der Waals surface area contributed by atoms with E-state index in [1.807, 2.05) is 0 Å². The van der Waals surface area contributed by atoms with E-state index in [1.165, 1.54) is 11.3 Å². The fourth-order valence-electron chi connectivity index (χ4n) is 3.37. The molecule has 0 aromatic carbocycles. The van der Waals surface area contributed by atoms with E-state index in [0.717, 1.165) is 30.9 Å². The first-order valence-electron chi connectivity index (χ1n) is 8.92. The van der Waals surface area contributed by atoms with Gasteiger partial charge in [-0.25, -0.2) is 4.98 Å². The van der Waals surface area contributed by atoms with Crippen molar-refractivity contribution in [2.45, 2.75) is 57.3 Å². The molecule has 1 aliphatic heterocycles. The molecule has 1 amide bonds. The summed E-state index contributed by atoms with van der Waals surface area (Å²) in [6.07, 6.45) is 6.57. The van der Waals surface area contributed by atoms with Gasteiger partial charge >= 0.3 is 5.97 Å². The van der Waals surface area contributed by atoms with Crippen LogP contribution in [0.3, 0.4) is 0 Å². The maximum absolute atomic E-state index is 12.3. The molecular weight excluding hydrogens is 378 g/mol. The van der Waals surface area contributed by atoms with Gasteiger partial charge in [0.15, 0.2) is 0 Å². The van der Waals surface area contributed by atoms with Gasteiger partial charge in [0.1, 0.15) is 9.88 Å². The van der Waals surface area contributed by atoms with Crippen molar-refractivity contribution < 1.29 is 19.4 Å². The Hall–Kier alpha value is -1.22. The lowest BCUT2D eigenvalue weighted by Gasteiger charge is -2.26. The number of rotatable bonds is 6. The minimum atomic E-state index is -0.731. The largest absolute Gasteiger partial charge is 0.481 e. The molecule has 7 nitrogen and oxygen atoms in total. The normalized spacial score (nSPS) is 23.8. The Balaban J connectivity index is 0.00000243. The Labute approximate surface area is 163 Å². The zero-order valence-electron chi connectivity index (χ0n) is 14.6. The molecule has 1 saturated heterocycles. The molecule has 3 rings (SSSR count). The van der Waals surface area contributed by atoms with Crippen LogP contribution in [0.4, 0.5) is 0 Å². The van der Waals surface area contributed by atoms with E-state index >= 15 is 0 Å². The number of hydrogen-bond acceptors (Lipinski definition) is 6. The number of ether oxygens (including phenoxy) is 1. The Morgan fingerprint density at radius 1 is 1.23 bits per heavy atom. The van der Waals surface area contributed by atoms with Crippen molar-refractivity contribution in [2.75, 3.05) is 13.1 Å². The minimum absolute atomic E-state index is 0. The van der Waals surface area contributed by atoms with Crippen LogP contribution in [0, 0.1) is 5.92 Å². The van der Waals surface area contributed by atoms with E-state index in [2.05, 4.69) is 15.6 Å². The monoisotopic (exact) mass is 403 g/mol. The number of piperidine rings is 1. The molecule has 2 fully saturated rings. The summed E-state index contributed by atoms with van der Waals surface area (Å²) in [5.41, 5.74) is 0. The minimum Gasteiger partial charge on any atom is -0.481 e. The van der Waals surface area contributed by atoms with Crippen molar-refractivity contribution in [1.29, 1.82) is 0 Å². The average molecular weight is 404 g/mol. The molecule has 1 aliphatic carbocycles. The number of aromatic nitrogens is 1. The molecule has 26 heavy (non-hydrogen) atoms. The predicted octanol–water partition coefficient (Wildman–Crippen LogP) is 2.21. The molecule has 2 aliphatic rings. The Morgan fingerprint density at radius 3 is 2.58 bits per heavy atom. The molecule has 1 saturated carbocycles. The Kier molecular flexibility index (Phi) is 8.27.